The van der Waals surface area contributed by atoms with Gasteiger partial charge in [-0.05, 0) is 55.5 Å². The van der Waals surface area contributed by atoms with Crippen molar-refractivity contribution in [2.45, 2.75) is 25.9 Å². The first-order valence-electron chi connectivity index (χ1n) is 9.53. The summed E-state index contributed by atoms with van der Waals surface area (Å²) in [5, 5.41) is 7.13. The van der Waals surface area contributed by atoms with E-state index in [9.17, 15) is 14.0 Å². The van der Waals surface area contributed by atoms with Gasteiger partial charge in [0.25, 0.3) is 5.56 Å². The van der Waals surface area contributed by atoms with E-state index >= 15 is 0 Å². The van der Waals surface area contributed by atoms with E-state index in [-0.39, 0.29) is 40.9 Å². The SMILES string of the molecule is CC(NC(=O)CCn1c(=S)[nH]c2ccccc2c1=O)c1nc(-c2ccc(F)cc2)no1. The number of nitrogens with zero attached hydrogens (tertiary/aromatic N) is 3. The van der Waals surface area contributed by atoms with Gasteiger partial charge in [0, 0.05) is 18.5 Å². The first-order valence-corrected chi connectivity index (χ1v) is 9.94. The van der Waals surface area contributed by atoms with Crippen LogP contribution in [0.15, 0.2) is 57.8 Å². The zero-order valence-corrected chi connectivity index (χ0v) is 17.3. The highest BCUT2D eigenvalue weighted by atomic mass is 32.1. The molecule has 1 atom stereocenters. The highest BCUT2D eigenvalue weighted by Gasteiger charge is 2.18. The van der Waals surface area contributed by atoms with Gasteiger partial charge < -0.3 is 14.8 Å². The summed E-state index contributed by atoms with van der Waals surface area (Å²) in [5.74, 6) is -0.153. The van der Waals surface area contributed by atoms with Crippen molar-refractivity contribution in [1.29, 1.82) is 0 Å². The predicted molar refractivity (Wildman–Crippen MR) is 114 cm³/mol. The largest absolute Gasteiger partial charge is 0.345 e. The molecule has 4 aromatic rings. The van der Waals surface area contributed by atoms with Crippen molar-refractivity contribution in [3.05, 3.63) is 75.4 Å². The number of carbonyl (C=O) groups excluding carboxylic acids is 1. The third-order valence-corrected chi connectivity index (χ3v) is 5.07. The highest BCUT2D eigenvalue weighted by Crippen LogP contribution is 2.19. The summed E-state index contributed by atoms with van der Waals surface area (Å²) < 4.78 is 19.9. The minimum atomic E-state index is -0.544. The molecule has 10 heteroatoms. The number of fused-ring (bicyclic) bond motifs is 1. The first kappa shape index (κ1) is 20.6. The van der Waals surface area contributed by atoms with Crippen molar-refractivity contribution in [2.24, 2.45) is 0 Å². The summed E-state index contributed by atoms with van der Waals surface area (Å²) in [6, 6.07) is 12.2. The van der Waals surface area contributed by atoms with E-state index in [2.05, 4.69) is 20.4 Å². The monoisotopic (exact) mass is 439 g/mol. The number of amides is 1. The van der Waals surface area contributed by atoms with E-state index in [4.69, 9.17) is 16.7 Å². The molecule has 2 aromatic heterocycles. The van der Waals surface area contributed by atoms with Gasteiger partial charge in [0.15, 0.2) is 4.77 Å². The van der Waals surface area contributed by atoms with Crippen LogP contribution >= 0.6 is 12.2 Å². The lowest BCUT2D eigenvalue weighted by atomic mass is 10.2. The standard InChI is InChI=1S/C21H18FN5O3S/c1-12(19-25-18(26-30-19)13-6-8-14(22)9-7-13)23-17(28)10-11-27-20(29)15-4-2-3-5-16(15)24-21(27)31/h2-9,12H,10-11H2,1H3,(H,23,28)(H,24,31). The van der Waals surface area contributed by atoms with Gasteiger partial charge in [-0.15, -0.1) is 0 Å². The van der Waals surface area contributed by atoms with Crippen LogP contribution in [0.5, 0.6) is 0 Å². The number of rotatable bonds is 6. The summed E-state index contributed by atoms with van der Waals surface area (Å²) in [4.78, 5) is 32.3. The Morgan fingerprint density at radius 1 is 1.26 bits per heavy atom. The molecule has 1 unspecified atom stereocenters. The summed E-state index contributed by atoms with van der Waals surface area (Å²) in [5.41, 5.74) is 1.00. The maximum atomic E-state index is 13.1. The summed E-state index contributed by atoms with van der Waals surface area (Å²) in [7, 11) is 0. The van der Waals surface area contributed by atoms with Crippen molar-refractivity contribution < 1.29 is 13.7 Å². The van der Waals surface area contributed by atoms with Crippen LogP contribution in [0.3, 0.4) is 0 Å². The second-order valence-electron chi connectivity index (χ2n) is 6.93. The number of benzene rings is 2. The van der Waals surface area contributed by atoms with E-state index in [1.54, 1.807) is 25.1 Å². The number of aromatic amines is 1. The maximum Gasteiger partial charge on any atom is 0.262 e. The lowest BCUT2D eigenvalue weighted by molar-refractivity contribution is -0.122. The van der Waals surface area contributed by atoms with Crippen LogP contribution in [-0.4, -0.2) is 25.6 Å². The molecule has 158 valence electrons. The summed E-state index contributed by atoms with van der Waals surface area (Å²) >= 11 is 5.26. The fourth-order valence-electron chi connectivity index (χ4n) is 3.12. The average molecular weight is 439 g/mol. The highest BCUT2D eigenvalue weighted by molar-refractivity contribution is 7.71. The molecule has 0 saturated heterocycles. The number of H-pyrrole nitrogens is 1. The Kier molecular flexibility index (Phi) is 5.72. The zero-order valence-electron chi connectivity index (χ0n) is 16.5. The third kappa shape index (κ3) is 4.43. The minimum absolute atomic E-state index is 0.0407. The molecule has 0 bridgehead atoms. The topological polar surface area (TPSA) is 106 Å². The Balaban J connectivity index is 1.42. The molecule has 2 heterocycles. The van der Waals surface area contributed by atoms with E-state index in [1.165, 1.54) is 28.8 Å². The van der Waals surface area contributed by atoms with E-state index in [0.717, 1.165) is 0 Å². The molecule has 2 N–H and O–H groups in total. The van der Waals surface area contributed by atoms with E-state index < -0.39 is 6.04 Å². The second kappa shape index (κ2) is 8.60. The first-order chi connectivity index (χ1) is 14.9. The number of aromatic nitrogens is 4. The number of halogens is 1. The van der Waals surface area contributed by atoms with Gasteiger partial charge in [0.1, 0.15) is 11.9 Å². The Hall–Kier alpha value is -3.66. The Morgan fingerprint density at radius 3 is 2.77 bits per heavy atom. The predicted octanol–water partition coefficient (Wildman–Crippen LogP) is 3.52. The molecule has 8 nitrogen and oxygen atoms in total. The molecular weight excluding hydrogens is 421 g/mol. The summed E-state index contributed by atoms with van der Waals surface area (Å²) in [6.45, 7) is 1.83. The summed E-state index contributed by atoms with van der Waals surface area (Å²) in [6.07, 6.45) is 0.0407. The van der Waals surface area contributed by atoms with E-state index in [1.807, 2.05) is 6.07 Å². The average Bonchev–Trinajstić information content (AvgIpc) is 3.24. The van der Waals surface area contributed by atoms with Gasteiger partial charge in [0.2, 0.25) is 17.6 Å². The Labute approximate surface area is 180 Å². The number of hydrogen-bond donors (Lipinski definition) is 2. The van der Waals surface area contributed by atoms with Crippen molar-refractivity contribution >= 4 is 29.0 Å². The molecule has 1 amide bonds. The zero-order chi connectivity index (χ0) is 22.0. The molecule has 0 radical (unpaired) electrons. The lowest BCUT2D eigenvalue weighted by Crippen LogP contribution is -2.30. The van der Waals surface area contributed by atoms with E-state index in [0.29, 0.717) is 22.3 Å². The maximum absolute atomic E-state index is 13.1. The molecule has 0 aliphatic rings. The fourth-order valence-corrected chi connectivity index (χ4v) is 3.40. The van der Waals surface area contributed by atoms with Gasteiger partial charge >= 0.3 is 0 Å². The number of carbonyl (C=O) groups is 1. The molecule has 2 aromatic carbocycles. The number of nitrogens with one attached hydrogen (secondary N) is 2. The molecule has 0 aliphatic heterocycles. The van der Waals surface area contributed by atoms with Crippen LogP contribution < -0.4 is 10.9 Å². The lowest BCUT2D eigenvalue weighted by Gasteiger charge is -2.11. The Bertz CT molecular complexity index is 1360. The molecule has 0 spiro atoms. The van der Waals surface area contributed by atoms with Crippen LogP contribution in [0.2, 0.25) is 0 Å². The fraction of sp³-hybridized carbons (Fsp3) is 0.190. The van der Waals surface area contributed by atoms with Gasteiger partial charge in [-0.1, -0.05) is 17.3 Å². The molecule has 0 fully saturated rings. The van der Waals surface area contributed by atoms with Crippen molar-refractivity contribution in [3.8, 4) is 11.4 Å². The molecule has 4 rings (SSSR count). The van der Waals surface area contributed by atoms with Crippen molar-refractivity contribution in [2.75, 3.05) is 0 Å². The second-order valence-corrected chi connectivity index (χ2v) is 7.32. The van der Waals surface area contributed by atoms with Crippen LogP contribution in [-0.2, 0) is 11.3 Å². The normalized spacial score (nSPS) is 12.1. The van der Waals surface area contributed by atoms with Gasteiger partial charge in [-0.3, -0.25) is 14.2 Å². The van der Waals surface area contributed by atoms with Crippen molar-refractivity contribution in [1.82, 2.24) is 25.0 Å². The quantitative estimate of drug-likeness (QED) is 0.446. The van der Waals surface area contributed by atoms with Crippen LogP contribution in [0.4, 0.5) is 4.39 Å². The van der Waals surface area contributed by atoms with Crippen molar-refractivity contribution in [3.63, 3.8) is 0 Å². The van der Waals surface area contributed by atoms with Gasteiger partial charge in [-0.25, -0.2) is 4.39 Å². The Morgan fingerprint density at radius 2 is 2.00 bits per heavy atom. The molecule has 31 heavy (non-hydrogen) atoms. The van der Waals surface area contributed by atoms with Gasteiger partial charge in [-0.2, -0.15) is 4.98 Å². The number of hydrogen-bond acceptors (Lipinski definition) is 6. The molecule has 0 aliphatic carbocycles. The smallest absolute Gasteiger partial charge is 0.262 e. The third-order valence-electron chi connectivity index (χ3n) is 4.74. The molecular formula is C21H18FN5O3S. The van der Waals surface area contributed by atoms with Crippen LogP contribution in [0.1, 0.15) is 25.3 Å². The van der Waals surface area contributed by atoms with Crippen LogP contribution in [0, 0.1) is 10.6 Å². The van der Waals surface area contributed by atoms with Gasteiger partial charge in [0.05, 0.1) is 10.9 Å². The number of para-hydroxylation sites is 1. The van der Waals surface area contributed by atoms with Crippen LogP contribution in [0.25, 0.3) is 22.3 Å². The molecule has 0 saturated carbocycles. The minimum Gasteiger partial charge on any atom is -0.345 e.